The minimum atomic E-state index is -0.0226. The normalized spacial score (nSPS) is 20.2. The van der Waals surface area contributed by atoms with Crippen molar-refractivity contribution in [2.24, 2.45) is 5.92 Å². The Balaban J connectivity index is 2.16. The molecule has 2 nitrogen and oxygen atoms in total. The van der Waals surface area contributed by atoms with Gasteiger partial charge in [0.1, 0.15) is 6.10 Å². The average molecular weight is 141 g/mol. The molecular weight excluding hydrogens is 128 g/mol. The van der Waals surface area contributed by atoms with Gasteiger partial charge in [-0.2, -0.15) is 0 Å². The molecule has 0 spiro atoms. The molecule has 1 aliphatic carbocycles. The summed E-state index contributed by atoms with van der Waals surface area (Å²) in [6.45, 7) is 3.77. The second-order valence-electron chi connectivity index (χ2n) is 2.75. The second-order valence-corrected chi connectivity index (χ2v) is 2.75. The van der Waals surface area contributed by atoms with E-state index < -0.39 is 0 Å². The van der Waals surface area contributed by atoms with Gasteiger partial charge < -0.3 is 4.74 Å². The Kier molecular flexibility index (Phi) is 2.30. The van der Waals surface area contributed by atoms with Gasteiger partial charge in [0.05, 0.1) is 5.92 Å². The SMILES string of the molecule is C[CH][C@@H](C)OC(=O)C1CC1. The maximum Gasteiger partial charge on any atom is 0.309 e. The highest BCUT2D eigenvalue weighted by Gasteiger charge is 2.31. The molecule has 0 N–H and O–H groups in total. The molecule has 0 heterocycles. The fraction of sp³-hybridized carbons (Fsp3) is 0.750. The fourth-order valence-electron chi connectivity index (χ4n) is 0.667. The number of hydrogen-bond donors (Lipinski definition) is 0. The molecular formula is C8H13O2. The van der Waals surface area contributed by atoms with Crippen molar-refractivity contribution in [3.05, 3.63) is 6.42 Å². The van der Waals surface area contributed by atoms with E-state index in [9.17, 15) is 4.79 Å². The van der Waals surface area contributed by atoms with Gasteiger partial charge in [-0.15, -0.1) is 0 Å². The van der Waals surface area contributed by atoms with Crippen LogP contribution in [0.5, 0.6) is 0 Å². The van der Waals surface area contributed by atoms with Gasteiger partial charge in [-0.25, -0.2) is 0 Å². The lowest BCUT2D eigenvalue weighted by atomic mass is 10.3. The third-order valence-corrected chi connectivity index (χ3v) is 1.68. The van der Waals surface area contributed by atoms with Crippen LogP contribution in [-0.2, 0) is 9.53 Å². The summed E-state index contributed by atoms with van der Waals surface area (Å²) < 4.78 is 5.03. The zero-order chi connectivity index (χ0) is 7.56. The Hall–Kier alpha value is -0.530. The summed E-state index contributed by atoms with van der Waals surface area (Å²) in [4.78, 5) is 10.9. The average Bonchev–Trinajstić information content (AvgIpc) is 2.68. The molecule has 0 unspecified atom stereocenters. The van der Waals surface area contributed by atoms with E-state index in [0.29, 0.717) is 0 Å². The molecule has 1 aliphatic rings. The summed E-state index contributed by atoms with van der Waals surface area (Å²) in [7, 11) is 0. The number of carbonyl (C=O) groups excluding carboxylic acids is 1. The number of rotatable bonds is 3. The van der Waals surface area contributed by atoms with Crippen LogP contribution in [0, 0.1) is 12.3 Å². The van der Waals surface area contributed by atoms with Crippen molar-refractivity contribution in [3.8, 4) is 0 Å². The first kappa shape index (κ1) is 7.58. The predicted octanol–water partition coefficient (Wildman–Crippen LogP) is 1.55. The van der Waals surface area contributed by atoms with Gasteiger partial charge in [0.15, 0.2) is 0 Å². The maximum atomic E-state index is 10.9. The quantitative estimate of drug-likeness (QED) is 0.557. The molecule has 0 saturated heterocycles. The van der Waals surface area contributed by atoms with E-state index >= 15 is 0 Å². The highest BCUT2D eigenvalue weighted by molar-refractivity contribution is 5.75. The zero-order valence-electron chi connectivity index (χ0n) is 6.46. The van der Waals surface area contributed by atoms with Gasteiger partial charge in [0.25, 0.3) is 0 Å². The lowest BCUT2D eigenvalue weighted by molar-refractivity contribution is -0.148. The highest BCUT2D eigenvalue weighted by Crippen LogP contribution is 2.30. The van der Waals surface area contributed by atoms with Crippen molar-refractivity contribution < 1.29 is 9.53 Å². The van der Waals surface area contributed by atoms with Crippen LogP contribution in [0.1, 0.15) is 26.7 Å². The van der Waals surface area contributed by atoms with E-state index in [-0.39, 0.29) is 18.0 Å². The molecule has 1 saturated carbocycles. The van der Waals surface area contributed by atoms with E-state index in [1.54, 1.807) is 0 Å². The Morgan fingerprint density at radius 1 is 1.70 bits per heavy atom. The molecule has 10 heavy (non-hydrogen) atoms. The van der Waals surface area contributed by atoms with Crippen LogP contribution in [0.3, 0.4) is 0 Å². The van der Waals surface area contributed by atoms with Crippen molar-refractivity contribution in [3.63, 3.8) is 0 Å². The minimum absolute atomic E-state index is 0.0203. The first-order valence-corrected chi connectivity index (χ1v) is 3.74. The smallest absolute Gasteiger partial charge is 0.309 e. The van der Waals surface area contributed by atoms with E-state index in [0.717, 1.165) is 12.8 Å². The van der Waals surface area contributed by atoms with Gasteiger partial charge in [-0.3, -0.25) is 4.79 Å². The standard InChI is InChI=1S/C8H13O2/c1-3-6(2)10-8(9)7-4-5-7/h3,6-7H,4-5H2,1-2H3/t6-/m1/s1. The maximum absolute atomic E-state index is 10.9. The number of carbonyl (C=O) groups is 1. The topological polar surface area (TPSA) is 26.3 Å². The summed E-state index contributed by atoms with van der Waals surface area (Å²) >= 11 is 0. The first-order valence-electron chi connectivity index (χ1n) is 3.74. The molecule has 57 valence electrons. The van der Waals surface area contributed by atoms with Crippen LogP contribution >= 0.6 is 0 Å². The van der Waals surface area contributed by atoms with Crippen LogP contribution in [0.15, 0.2) is 0 Å². The van der Waals surface area contributed by atoms with Crippen molar-refractivity contribution in [1.29, 1.82) is 0 Å². The molecule has 1 atom stereocenters. The summed E-state index contributed by atoms with van der Waals surface area (Å²) in [6, 6.07) is 0. The molecule has 1 radical (unpaired) electrons. The van der Waals surface area contributed by atoms with Crippen LogP contribution in [0.2, 0.25) is 0 Å². The van der Waals surface area contributed by atoms with Gasteiger partial charge in [0.2, 0.25) is 0 Å². The van der Waals surface area contributed by atoms with Crippen LogP contribution in [-0.4, -0.2) is 12.1 Å². The largest absolute Gasteiger partial charge is 0.462 e. The highest BCUT2D eigenvalue weighted by atomic mass is 16.5. The molecule has 2 heteroatoms. The summed E-state index contributed by atoms with van der Waals surface area (Å²) in [6.07, 6.45) is 3.90. The zero-order valence-corrected chi connectivity index (χ0v) is 6.46. The summed E-state index contributed by atoms with van der Waals surface area (Å²) in [5, 5.41) is 0. The molecule has 0 aromatic carbocycles. The molecule has 0 bridgehead atoms. The van der Waals surface area contributed by atoms with Crippen molar-refractivity contribution >= 4 is 5.97 Å². The molecule has 0 aromatic rings. The van der Waals surface area contributed by atoms with Gasteiger partial charge in [-0.05, 0) is 26.2 Å². The molecule has 0 aliphatic heterocycles. The number of esters is 1. The van der Waals surface area contributed by atoms with Crippen molar-refractivity contribution in [1.82, 2.24) is 0 Å². The lowest BCUT2D eigenvalue weighted by Gasteiger charge is -2.08. The van der Waals surface area contributed by atoms with Gasteiger partial charge >= 0.3 is 5.97 Å². The predicted molar refractivity (Wildman–Crippen MR) is 38.3 cm³/mol. The van der Waals surface area contributed by atoms with E-state index in [2.05, 4.69) is 0 Å². The molecule has 1 rings (SSSR count). The minimum Gasteiger partial charge on any atom is -0.462 e. The van der Waals surface area contributed by atoms with Crippen LogP contribution in [0.4, 0.5) is 0 Å². The molecule has 1 fully saturated rings. The molecule has 0 aromatic heterocycles. The second kappa shape index (κ2) is 3.04. The van der Waals surface area contributed by atoms with Crippen molar-refractivity contribution in [2.75, 3.05) is 0 Å². The first-order chi connectivity index (χ1) is 4.74. The molecule has 0 amide bonds. The van der Waals surface area contributed by atoms with Crippen molar-refractivity contribution in [2.45, 2.75) is 32.8 Å². The Morgan fingerprint density at radius 3 is 2.70 bits per heavy atom. The van der Waals surface area contributed by atoms with Crippen LogP contribution < -0.4 is 0 Å². The van der Waals surface area contributed by atoms with Gasteiger partial charge in [0, 0.05) is 0 Å². The Bertz CT molecular complexity index is 127. The Morgan fingerprint density at radius 2 is 2.30 bits per heavy atom. The summed E-state index contributed by atoms with van der Waals surface area (Å²) in [5.41, 5.74) is 0. The number of hydrogen-bond acceptors (Lipinski definition) is 2. The summed E-state index contributed by atoms with van der Waals surface area (Å²) in [5.74, 6) is 0.202. The van der Waals surface area contributed by atoms with E-state index in [4.69, 9.17) is 4.74 Å². The Labute approximate surface area is 61.6 Å². The van der Waals surface area contributed by atoms with E-state index in [1.807, 2.05) is 20.3 Å². The third-order valence-electron chi connectivity index (χ3n) is 1.68. The van der Waals surface area contributed by atoms with E-state index in [1.165, 1.54) is 0 Å². The monoisotopic (exact) mass is 141 g/mol. The fourth-order valence-corrected chi connectivity index (χ4v) is 0.667. The van der Waals surface area contributed by atoms with Crippen LogP contribution in [0.25, 0.3) is 0 Å². The lowest BCUT2D eigenvalue weighted by Crippen LogP contribution is -2.15. The van der Waals surface area contributed by atoms with Gasteiger partial charge in [-0.1, -0.05) is 6.92 Å². The number of ether oxygens (including phenoxy) is 1. The third kappa shape index (κ3) is 2.01.